The molecule has 0 saturated heterocycles. The molecule has 0 N–H and O–H groups in total. The van der Waals surface area contributed by atoms with Crippen LogP contribution in [0.5, 0.6) is 0 Å². The summed E-state index contributed by atoms with van der Waals surface area (Å²) < 4.78 is 13.8. The summed E-state index contributed by atoms with van der Waals surface area (Å²) in [7, 11) is 0. The lowest BCUT2D eigenvalue weighted by molar-refractivity contribution is 0.660. The van der Waals surface area contributed by atoms with Crippen molar-refractivity contribution in [3.63, 3.8) is 0 Å². The van der Waals surface area contributed by atoms with E-state index in [1.807, 2.05) is 6.07 Å². The summed E-state index contributed by atoms with van der Waals surface area (Å²) in [4.78, 5) is 2.48. The van der Waals surface area contributed by atoms with Gasteiger partial charge in [-0.2, -0.15) is 0 Å². The number of fused-ring (bicyclic) bond motifs is 9. The molecule has 3 heteroatoms. The molecule has 11 rings (SSSR count). The number of rotatable bonds is 5. The second-order valence-corrected chi connectivity index (χ2v) is 15.2. The van der Waals surface area contributed by atoms with Crippen LogP contribution in [-0.2, 0) is 5.41 Å². The van der Waals surface area contributed by atoms with E-state index in [1.165, 1.54) is 33.4 Å². The van der Waals surface area contributed by atoms with Crippen molar-refractivity contribution in [1.82, 2.24) is 0 Å². The van der Waals surface area contributed by atoms with Crippen molar-refractivity contribution in [2.75, 3.05) is 4.90 Å². The highest BCUT2D eigenvalue weighted by atomic mass is 16.3. The molecule has 54 heavy (non-hydrogen) atoms. The minimum Gasteiger partial charge on any atom is -0.456 e. The standard InChI is InChI=1S/C51H37NO2/c1-51(2)41-20-11-9-18-37(41)38-29-26-34(30-42(38)51)47-49-39-19-10-12-22-44(39)53-46(49)31-40-48-43(21-13-23-45(48)54-50(40)47)52(35-16-7-4-8-17-35)36-27-24-33(25-28-36)32-14-5-3-6-15-32/h3-16,18-31,35H,17H2,1-2H3. The van der Waals surface area contributed by atoms with Crippen LogP contribution in [0.1, 0.15) is 31.4 Å². The third-order valence-electron chi connectivity index (χ3n) is 11.8. The molecule has 3 nitrogen and oxygen atoms in total. The van der Waals surface area contributed by atoms with Crippen LogP contribution < -0.4 is 4.90 Å². The predicted molar refractivity (Wildman–Crippen MR) is 225 cm³/mol. The summed E-state index contributed by atoms with van der Waals surface area (Å²) in [5.74, 6) is 0. The van der Waals surface area contributed by atoms with Gasteiger partial charge in [-0.1, -0.05) is 141 Å². The molecule has 1 unspecified atom stereocenters. The monoisotopic (exact) mass is 695 g/mol. The maximum Gasteiger partial charge on any atom is 0.144 e. The highest BCUT2D eigenvalue weighted by Crippen LogP contribution is 2.52. The lowest BCUT2D eigenvalue weighted by Gasteiger charge is -2.33. The van der Waals surface area contributed by atoms with Gasteiger partial charge in [0.05, 0.1) is 17.1 Å². The van der Waals surface area contributed by atoms with Gasteiger partial charge < -0.3 is 13.7 Å². The van der Waals surface area contributed by atoms with E-state index in [4.69, 9.17) is 8.83 Å². The first-order chi connectivity index (χ1) is 26.5. The van der Waals surface area contributed by atoms with Crippen molar-refractivity contribution >= 4 is 55.3 Å². The molecule has 0 fully saturated rings. The molecule has 0 amide bonds. The predicted octanol–water partition coefficient (Wildman–Crippen LogP) is 14.1. The number of furan rings is 2. The van der Waals surface area contributed by atoms with Crippen molar-refractivity contribution in [2.24, 2.45) is 0 Å². The van der Waals surface area contributed by atoms with Crippen molar-refractivity contribution in [3.05, 3.63) is 181 Å². The molecule has 2 heterocycles. The second-order valence-electron chi connectivity index (χ2n) is 15.2. The Bertz CT molecular complexity index is 2990. The molecular weight excluding hydrogens is 659 g/mol. The molecule has 7 aromatic carbocycles. The zero-order chi connectivity index (χ0) is 36.0. The summed E-state index contributed by atoms with van der Waals surface area (Å²) in [6.45, 7) is 4.68. The van der Waals surface area contributed by atoms with Gasteiger partial charge in [0, 0.05) is 32.8 Å². The number of allylic oxidation sites excluding steroid dienone is 2. The number of hydrogen-bond donors (Lipinski definition) is 0. The Hall–Kier alpha value is -6.58. The second kappa shape index (κ2) is 11.7. The largest absolute Gasteiger partial charge is 0.456 e. The average molecular weight is 696 g/mol. The first kappa shape index (κ1) is 31.0. The normalized spacial score (nSPS) is 15.7. The van der Waals surface area contributed by atoms with Crippen LogP contribution >= 0.6 is 0 Å². The molecule has 0 saturated carbocycles. The molecule has 0 spiro atoms. The quantitative estimate of drug-likeness (QED) is 0.179. The molecule has 0 radical (unpaired) electrons. The minimum atomic E-state index is -0.132. The number of benzene rings is 7. The minimum absolute atomic E-state index is 0.128. The van der Waals surface area contributed by atoms with E-state index < -0.39 is 0 Å². The Morgan fingerprint density at radius 3 is 2.15 bits per heavy atom. The van der Waals surface area contributed by atoms with Gasteiger partial charge in [0.25, 0.3) is 0 Å². The first-order valence-corrected chi connectivity index (χ1v) is 18.9. The van der Waals surface area contributed by atoms with Gasteiger partial charge >= 0.3 is 0 Å². The Labute approximate surface area is 314 Å². The van der Waals surface area contributed by atoms with Crippen molar-refractivity contribution in [2.45, 2.75) is 31.7 Å². The Kier molecular flexibility index (Phi) is 6.72. The summed E-state index contributed by atoms with van der Waals surface area (Å²) in [6, 6.07) is 52.6. The van der Waals surface area contributed by atoms with Gasteiger partial charge in [0.2, 0.25) is 0 Å². The fraction of sp³-hybridized carbons (Fsp3) is 0.0980. The molecule has 2 aromatic heterocycles. The molecule has 258 valence electrons. The van der Waals surface area contributed by atoms with Crippen molar-refractivity contribution in [3.8, 4) is 33.4 Å². The van der Waals surface area contributed by atoms with Crippen LogP contribution in [0.4, 0.5) is 11.4 Å². The zero-order valence-corrected chi connectivity index (χ0v) is 30.2. The lowest BCUT2D eigenvalue weighted by atomic mass is 9.81. The topological polar surface area (TPSA) is 29.5 Å². The van der Waals surface area contributed by atoms with Gasteiger partial charge in [0.15, 0.2) is 0 Å². The Morgan fingerprint density at radius 1 is 0.556 bits per heavy atom. The van der Waals surface area contributed by atoms with Gasteiger partial charge in [-0.3, -0.25) is 0 Å². The fourth-order valence-corrected chi connectivity index (χ4v) is 9.19. The number of nitrogens with zero attached hydrogens (tertiary/aromatic N) is 1. The maximum atomic E-state index is 7.09. The maximum absolute atomic E-state index is 7.09. The summed E-state index contributed by atoms with van der Waals surface area (Å²) >= 11 is 0. The number of anilines is 2. The zero-order valence-electron chi connectivity index (χ0n) is 30.2. The van der Waals surface area contributed by atoms with Crippen molar-refractivity contribution < 1.29 is 8.83 Å². The van der Waals surface area contributed by atoms with Crippen LogP contribution in [0.2, 0.25) is 0 Å². The Balaban J connectivity index is 1.17. The van der Waals surface area contributed by atoms with Crippen LogP contribution in [-0.4, -0.2) is 6.04 Å². The highest BCUT2D eigenvalue weighted by Gasteiger charge is 2.36. The molecule has 2 aliphatic carbocycles. The number of para-hydroxylation sites is 1. The van der Waals surface area contributed by atoms with E-state index in [0.717, 1.165) is 72.8 Å². The third-order valence-corrected chi connectivity index (χ3v) is 11.8. The SMILES string of the molecule is CC1(C)c2ccccc2-c2ccc(-c3c4oc5cccc(N(c6ccc(-c7ccccc7)cc6)C6C=CC=CC6)c5c4cc4oc5ccccc5c34)cc21. The Morgan fingerprint density at radius 2 is 1.30 bits per heavy atom. The van der Waals surface area contributed by atoms with Crippen LogP contribution in [0, 0.1) is 0 Å². The fourth-order valence-electron chi connectivity index (χ4n) is 9.19. The van der Waals surface area contributed by atoms with E-state index in [1.54, 1.807) is 0 Å². The molecule has 1 atom stereocenters. The van der Waals surface area contributed by atoms with Gasteiger partial charge in [-0.15, -0.1) is 0 Å². The van der Waals surface area contributed by atoms with E-state index in [0.29, 0.717) is 0 Å². The van der Waals surface area contributed by atoms with Crippen LogP contribution in [0.3, 0.4) is 0 Å². The molecule has 0 bridgehead atoms. The van der Waals surface area contributed by atoms with Crippen LogP contribution in [0.15, 0.2) is 179 Å². The lowest BCUT2D eigenvalue weighted by Crippen LogP contribution is -2.29. The van der Waals surface area contributed by atoms with E-state index in [9.17, 15) is 0 Å². The summed E-state index contributed by atoms with van der Waals surface area (Å²) in [5.41, 5.74) is 15.5. The molecule has 0 aliphatic heterocycles. The highest BCUT2D eigenvalue weighted by molar-refractivity contribution is 6.25. The van der Waals surface area contributed by atoms with E-state index in [2.05, 4.69) is 183 Å². The molecule has 9 aromatic rings. The van der Waals surface area contributed by atoms with E-state index in [-0.39, 0.29) is 11.5 Å². The van der Waals surface area contributed by atoms with Gasteiger partial charge in [-0.25, -0.2) is 0 Å². The summed E-state index contributed by atoms with van der Waals surface area (Å²) in [6.07, 6.45) is 9.76. The third kappa shape index (κ3) is 4.55. The first-order valence-electron chi connectivity index (χ1n) is 18.9. The average Bonchev–Trinajstić information content (AvgIpc) is 3.86. The van der Waals surface area contributed by atoms with Crippen LogP contribution in [0.25, 0.3) is 77.3 Å². The molecule has 2 aliphatic rings. The smallest absolute Gasteiger partial charge is 0.144 e. The number of hydrogen-bond acceptors (Lipinski definition) is 3. The van der Waals surface area contributed by atoms with Gasteiger partial charge in [0.1, 0.15) is 22.3 Å². The van der Waals surface area contributed by atoms with Crippen molar-refractivity contribution in [1.29, 1.82) is 0 Å². The van der Waals surface area contributed by atoms with Gasteiger partial charge in [-0.05, 0) is 87.8 Å². The molecular formula is C51H37NO2. The van der Waals surface area contributed by atoms with E-state index >= 15 is 0 Å². The summed E-state index contributed by atoms with van der Waals surface area (Å²) in [5, 5.41) is 4.31.